The topological polar surface area (TPSA) is 57.6 Å². The van der Waals surface area contributed by atoms with E-state index in [4.69, 9.17) is 5.11 Å². The van der Waals surface area contributed by atoms with Crippen molar-refractivity contribution in [2.45, 2.75) is 26.7 Å². The first kappa shape index (κ1) is 16.7. The largest absolute Gasteiger partial charge is 0.480 e. The Balaban J connectivity index is 2.59. The van der Waals surface area contributed by atoms with Gasteiger partial charge in [0.2, 0.25) is 5.91 Å². The van der Waals surface area contributed by atoms with E-state index in [1.807, 2.05) is 38.1 Å². The molecule has 0 atom stereocenters. The fourth-order valence-corrected chi connectivity index (χ4v) is 2.41. The molecule has 0 unspecified atom stereocenters. The maximum atomic E-state index is 12.1. The molecule has 0 heterocycles. The SMILES string of the molecule is CC(C)CN(CC(=O)O)C(=O)CCc1cccc(Br)c1. The van der Waals surface area contributed by atoms with E-state index in [1.165, 1.54) is 4.90 Å². The maximum absolute atomic E-state index is 12.1. The molecular formula is C15H20BrNO3. The van der Waals surface area contributed by atoms with Crippen molar-refractivity contribution in [3.8, 4) is 0 Å². The number of rotatable bonds is 7. The van der Waals surface area contributed by atoms with Crippen LogP contribution in [0.15, 0.2) is 28.7 Å². The molecule has 0 aliphatic carbocycles. The Morgan fingerprint density at radius 3 is 2.60 bits per heavy atom. The van der Waals surface area contributed by atoms with Gasteiger partial charge in [-0.1, -0.05) is 41.9 Å². The van der Waals surface area contributed by atoms with Crippen LogP contribution in [0.3, 0.4) is 0 Å². The average molecular weight is 342 g/mol. The average Bonchev–Trinajstić information content (AvgIpc) is 2.34. The monoisotopic (exact) mass is 341 g/mol. The highest BCUT2D eigenvalue weighted by atomic mass is 79.9. The quantitative estimate of drug-likeness (QED) is 0.829. The van der Waals surface area contributed by atoms with Gasteiger partial charge in [0.15, 0.2) is 0 Å². The Morgan fingerprint density at radius 1 is 1.35 bits per heavy atom. The molecule has 1 aromatic rings. The van der Waals surface area contributed by atoms with Crippen LogP contribution in [0.2, 0.25) is 0 Å². The van der Waals surface area contributed by atoms with Crippen LogP contribution in [0, 0.1) is 5.92 Å². The molecule has 1 N–H and O–H groups in total. The first-order chi connectivity index (χ1) is 9.38. The van der Waals surface area contributed by atoms with E-state index in [0.717, 1.165) is 10.0 Å². The zero-order valence-corrected chi connectivity index (χ0v) is 13.4. The van der Waals surface area contributed by atoms with Crippen LogP contribution in [-0.2, 0) is 16.0 Å². The predicted molar refractivity (Wildman–Crippen MR) is 81.5 cm³/mol. The molecule has 0 saturated heterocycles. The van der Waals surface area contributed by atoms with Gasteiger partial charge >= 0.3 is 5.97 Å². The number of carbonyl (C=O) groups excluding carboxylic acids is 1. The molecule has 0 aliphatic rings. The minimum atomic E-state index is -0.971. The molecule has 1 amide bonds. The van der Waals surface area contributed by atoms with Crippen LogP contribution in [0.1, 0.15) is 25.8 Å². The van der Waals surface area contributed by atoms with E-state index in [-0.39, 0.29) is 18.4 Å². The lowest BCUT2D eigenvalue weighted by Crippen LogP contribution is -2.38. The van der Waals surface area contributed by atoms with Gasteiger partial charge in [-0.25, -0.2) is 0 Å². The Bertz CT molecular complexity index is 474. The molecule has 1 aromatic carbocycles. The van der Waals surface area contributed by atoms with Gasteiger partial charge in [-0.15, -0.1) is 0 Å². The lowest BCUT2D eigenvalue weighted by molar-refractivity contribution is -0.144. The number of benzene rings is 1. The van der Waals surface area contributed by atoms with E-state index in [9.17, 15) is 9.59 Å². The molecule has 4 nitrogen and oxygen atoms in total. The molecule has 0 radical (unpaired) electrons. The Kier molecular flexibility index (Phi) is 6.71. The van der Waals surface area contributed by atoms with Crippen molar-refractivity contribution in [3.63, 3.8) is 0 Å². The summed E-state index contributed by atoms with van der Waals surface area (Å²) in [5.41, 5.74) is 1.06. The summed E-state index contributed by atoms with van der Waals surface area (Å²) in [7, 11) is 0. The van der Waals surface area contributed by atoms with Crippen LogP contribution in [0.5, 0.6) is 0 Å². The summed E-state index contributed by atoms with van der Waals surface area (Å²) in [5.74, 6) is -0.827. The molecule has 20 heavy (non-hydrogen) atoms. The number of aliphatic carboxylic acids is 1. The molecule has 1 rings (SSSR count). The number of aryl methyl sites for hydroxylation is 1. The molecule has 0 saturated carbocycles. The standard InChI is InChI=1S/C15H20BrNO3/c1-11(2)9-17(10-15(19)20)14(18)7-6-12-4-3-5-13(16)8-12/h3-5,8,11H,6-7,9-10H2,1-2H3,(H,19,20). The number of hydrogen-bond acceptors (Lipinski definition) is 2. The normalized spacial score (nSPS) is 10.6. The zero-order valence-electron chi connectivity index (χ0n) is 11.8. The third-order valence-corrected chi connectivity index (χ3v) is 3.27. The molecule has 110 valence electrons. The summed E-state index contributed by atoms with van der Waals surface area (Å²) in [4.78, 5) is 24.4. The fraction of sp³-hybridized carbons (Fsp3) is 0.467. The third kappa shape index (κ3) is 6.19. The molecule has 5 heteroatoms. The smallest absolute Gasteiger partial charge is 0.323 e. The van der Waals surface area contributed by atoms with Crippen LogP contribution >= 0.6 is 15.9 Å². The van der Waals surface area contributed by atoms with E-state index in [1.54, 1.807) is 0 Å². The maximum Gasteiger partial charge on any atom is 0.323 e. The number of carboxylic acids is 1. The van der Waals surface area contributed by atoms with Gasteiger partial charge in [-0.05, 0) is 30.0 Å². The van der Waals surface area contributed by atoms with Crippen molar-refractivity contribution in [2.75, 3.05) is 13.1 Å². The highest BCUT2D eigenvalue weighted by Crippen LogP contribution is 2.13. The summed E-state index contributed by atoms with van der Waals surface area (Å²) in [5, 5.41) is 8.87. The summed E-state index contributed by atoms with van der Waals surface area (Å²) in [6, 6.07) is 7.78. The van der Waals surface area contributed by atoms with Crippen LogP contribution in [0.4, 0.5) is 0 Å². The summed E-state index contributed by atoms with van der Waals surface area (Å²) in [6.07, 6.45) is 0.947. The minimum absolute atomic E-state index is 0.110. The minimum Gasteiger partial charge on any atom is -0.480 e. The fourth-order valence-electron chi connectivity index (χ4n) is 1.96. The highest BCUT2D eigenvalue weighted by Gasteiger charge is 2.17. The van der Waals surface area contributed by atoms with E-state index in [0.29, 0.717) is 19.4 Å². The highest BCUT2D eigenvalue weighted by molar-refractivity contribution is 9.10. The summed E-state index contributed by atoms with van der Waals surface area (Å²) < 4.78 is 0.979. The number of nitrogens with zero attached hydrogens (tertiary/aromatic N) is 1. The predicted octanol–water partition coefficient (Wildman–Crippen LogP) is 2.95. The molecule has 0 aliphatic heterocycles. The van der Waals surface area contributed by atoms with Crippen molar-refractivity contribution in [2.24, 2.45) is 5.92 Å². The Hall–Kier alpha value is -1.36. The lowest BCUT2D eigenvalue weighted by Gasteiger charge is -2.22. The lowest BCUT2D eigenvalue weighted by atomic mass is 10.1. The number of hydrogen-bond donors (Lipinski definition) is 1. The molecule has 0 bridgehead atoms. The zero-order chi connectivity index (χ0) is 15.1. The molecule has 0 fully saturated rings. The number of carbonyl (C=O) groups is 2. The Labute approximate surface area is 127 Å². The van der Waals surface area contributed by atoms with E-state index < -0.39 is 5.97 Å². The first-order valence-corrected chi connectivity index (χ1v) is 7.41. The van der Waals surface area contributed by atoms with Gasteiger partial charge < -0.3 is 10.0 Å². The van der Waals surface area contributed by atoms with Crippen molar-refractivity contribution < 1.29 is 14.7 Å². The molecule has 0 aromatic heterocycles. The van der Waals surface area contributed by atoms with Crippen molar-refractivity contribution in [3.05, 3.63) is 34.3 Å². The molecule has 0 spiro atoms. The second-order valence-electron chi connectivity index (χ2n) is 5.19. The third-order valence-electron chi connectivity index (χ3n) is 2.78. The van der Waals surface area contributed by atoms with Gasteiger partial charge in [0.1, 0.15) is 6.54 Å². The number of carboxylic acid groups (broad SMARTS) is 1. The van der Waals surface area contributed by atoms with Crippen molar-refractivity contribution >= 4 is 27.8 Å². The van der Waals surface area contributed by atoms with Crippen LogP contribution in [-0.4, -0.2) is 35.0 Å². The van der Waals surface area contributed by atoms with Crippen molar-refractivity contribution in [1.29, 1.82) is 0 Å². The van der Waals surface area contributed by atoms with E-state index in [2.05, 4.69) is 15.9 Å². The van der Waals surface area contributed by atoms with Crippen LogP contribution < -0.4 is 0 Å². The van der Waals surface area contributed by atoms with Gasteiger partial charge in [0.05, 0.1) is 0 Å². The summed E-state index contributed by atoms with van der Waals surface area (Å²) in [6.45, 7) is 4.19. The first-order valence-electron chi connectivity index (χ1n) is 6.62. The Morgan fingerprint density at radius 2 is 2.05 bits per heavy atom. The second kappa shape index (κ2) is 8.04. The van der Waals surface area contributed by atoms with Gasteiger partial charge in [0.25, 0.3) is 0 Å². The van der Waals surface area contributed by atoms with Gasteiger partial charge in [-0.2, -0.15) is 0 Å². The van der Waals surface area contributed by atoms with Gasteiger partial charge in [0, 0.05) is 17.4 Å². The summed E-state index contributed by atoms with van der Waals surface area (Å²) >= 11 is 3.39. The van der Waals surface area contributed by atoms with Gasteiger partial charge in [-0.3, -0.25) is 9.59 Å². The van der Waals surface area contributed by atoms with Crippen molar-refractivity contribution in [1.82, 2.24) is 4.90 Å². The van der Waals surface area contributed by atoms with Crippen LogP contribution in [0.25, 0.3) is 0 Å². The number of amides is 1. The van der Waals surface area contributed by atoms with E-state index >= 15 is 0 Å². The number of halogens is 1. The second-order valence-corrected chi connectivity index (χ2v) is 6.11. The molecular weight excluding hydrogens is 322 g/mol.